The molecule has 1 N–H and O–H groups in total. The van der Waals surface area contributed by atoms with Gasteiger partial charge in [-0.3, -0.25) is 4.79 Å². The SMILES string of the molecule is Cc1ccc(NC(=O)c2ccc3c(c2)OCO3)cc1F. The Balaban J connectivity index is 1.80. The number of hydrogen-bond acceptors (Lipinski definition) is 3. The van der Waals surface area contributed by atoms with Crippen molar-refractivity contribution in [3.63, 3.8) is 0 Å². The van der Waals surface area contributed by atoms with Crippen LogP contribution in [0.4, 0.5) is 10.1 Å². The fraction of sp³-hybridized carbons (Fsp3) is 0.133. The van der Waals surface area contributed by atoms with Gasteiger partial charge in [0.1, 0.15) is 5.82 Å². The average Bonchev–Trinajstić information content (AvgIpc) is 2.90. The maximum atomic E-state index is 13.4. The molecule has 0 unspecified atom stereocenters. The molecule has 0 saturated carbocycles. The van der Waals surface area contributed by atoms with E-state index in [4.69, 9.17) is 9.47 Å². The number of rotatable bonds is 2. The third-order valence-electron chi connectivity index (χ3n) is 3.06. The van der Waals surface area contributed by atoms with Crippen molar-refractivity contribution < 1.29 is 18.7 Å². The van der Waals surface area contributed by atoms with E-state index in [0.717, 1.165) is 0 Å². The summed E-state index contributed by atoms with van der Waals surface area (Å²) in [5, 5.41) is 2.64. The molecule has 2 aromatic carbocycles. The largest absolute Gasteiger partial charge is 0.454 e. The second-order valence-corrected chi connectivity index (χ2v) is 4.49. The summed E-state index contributed by atoms with van der Waals surface area (Å²) in [6.07, 6.45) is 0. The Morgan fingerprint density at radius 3 is 2.75 bits per heavy atom. The van der Waals surface area contributed by atoms with Crippen LogP contribution < -0.4 is 14.8 Å². The van der Waals surface area contributed by atoms with Gasteiger partial charge in [0, 0.05) is 11.3 Å². The molecule has 0 aliphatic carbocycles. The number of hydrogen-bond donors (Lipinski definition) is 1. The number of nitrogens with one attached hydrogen (secondary N) is 1. The zero-order valence-electron chi connectivity index (χ0n) is 10.8. The molecule has 0 aromatic heterocycles. The normalized spacial score (nSPS) is 12.3. The first-order valence-corrected chi connectivity index (χ1v) is 6.10. The van der Waals surface area contributed by atoms with Gasteiger partial charge in [0.2, 0.25) is 6.79 Å². The zero-order chi connectivity index (χ0) is 14.1. The molecule has 102 valence electrons. The Bertz CT molecular complexity index is 685. The van der Waals surface area contributed by atoms with Crippen LogP contribution >= 0.6 is 0 Å². The lowest BCUT2D eigenvalue weighted by atomic mass is 10.1. The van der Waals surface area contributed by atoms with Gasteiger partial charge < -0.3 is 14.8 Å². The monoisotopic (exact) mass is 273 g/mol. The van der Waals surface area contributed by atoms with Crippen molar-refractivity contribution in [2.45, 2.75) is 6.92 Å². The number of ether oxygens (including phenoxy) is 2. The summed E-state index contributed by atoms with van der Waals surface area (Å²) in [5.74, 6) is 0.468. The van der Waals surface area contributed by atoms with Crippen LogP contribution in [0, 0.1) is 12.7 Å². The van der Waals surface area contributed by atoms with Crippen LogP contribution in [0.3, 0.4) is 0 Å². The Morgan fingerprint density at radius 1 is 1.15 bits per heavy atom. The highest BCUT2D eigenvalue weighted by molar-refractivity contribution is 6.04. The van der Waals surface area contributed by atoms with E-state index < -0.39 is 0 Å². The van der Waals surface area contributed by atoms with Crippen LogP contribution in [0.25, 0.3) is 0 Å². The molecule has 3 rings (SSSR count). The second kappa shape index (κ2) is 4.85. The molecular weight excluding hydrogens is 261 g/mol. The van der Waals surface area contributed by atoms with Gasteiger partial charge in [0.25, 0.3) is 5.91 Å². The molecule has 1 aliphatic heterocycles. The Kier molecular flexibility index (Phi) is 3.02. The van der Waals surface area contributed by atoms with Gasteiger partial charge in [-0.1, -0.05) is 6.07 Å². The van der Waals surface area contributed by atoms with Crippen molar-refractivity contribution in [3.8, 4) is 11.5 Å². The Morgan fingerprint density at radius 2 is 1.95 bits per heavy atom. The second-order valence-electron chi connectivity index (χ2n) is 4.49. The maximum Gasteiger partial charge on any atom is 0.255 e. The maximum absolute atomic E-state index is 13.4. The molecule has 0 saturated heterocycles. The van der Waals surface area contributed by atoms with Gasteiger partial charge in [0.15, 0.2) is 11.5 Å². The number of anilines is 1. The minimum Gasteiger partial charge on any atom is -0.454 e. The number of benzene rings is 2. The molecule has 0 bridgehead atoms. The molecule has 1 aliphatic rings. The molecule has 0 atom stereocenters. The number of carbonyl (C=O) groups excluding carboxylic acids is 1. The summed E-state index contributed by atoms with van der Waals surface area (Å²) in [6.45, 7) is 1.82. The summed E-state index contributed by atoms with van der Waals surface area (Å²) in [4.78, 5) is 12.1. The van der Waals surface area contributed by atoms with Crippen molar-refractivity contribution in [1.82, 2.24) is 0 Å². The summed E-state index contributed by atoms with van der Waals surface area (Å²) in [5.41, 5.74) is 1.37. The number of halogens is 1. The van der Waals surface area contributed by atoms with Crippen molar-refractivity contribution in [2.75, 3.05) is 12.1 Å². The highest BCUT2D eigenvalue weighted by Crippen LogP contribution is 2.32. The van der Waals surface area contributed by atoms with E-state index in [2.05, 4.69) is 5.32 Å². The number of fused-ring (bicyclic) bond motifs is 1. The van der Waals surface area contributed by atoms with Gasteiger partial charge in [-0.25, -0.2) is 4.39 Å². The Labute approximate surface area is 115 Å². The lowest BCUT2D eigenvalue weighted by Crippen LogP contribution is -2.12. The predicted octanol–water partition coefficient (Wildman–Crippen LogP) is 3.12. The first kappa shape index (κ1) is 12.5. The first-order valence-electron chi connectivity index (χ1n) is 6.10. The minimum absolute atomic E-state index is 0.156. The van der Waals surface area contributed by atoms with E-state index in [1.807, 2.05) is 0 Å². The lowest BCUT2D eigenvalue weighted by Gasteiger charge is -2.07. The van der Waals surface area contributed by atoms with E-state index in [1.165, 1.54) is 6.07 Å². The van der Waals surface area contributed by atoms with Crippen LogP contribution in [0.5, 0.6) is 11.5 Å². The third kappa shape index (κ3) is 2.30. The number of carbonyl (C=O) groups is 1. The molecule has 0 spiro atoms. The van der Waals surface area contributed by atoms with E-state index in [9.17, 15) is 9.18 Å². The van der Waals surface area contributed by atoms with Crippen LogP contribution in [-0.2, 0) is 0 Å². The summed E-state index contributed by atoms with van der Waals surface area (Å²) >= 11 is 0. The van der Waals surface area contributed by atoms with E-state index in [1.54, 1.807) is 37.3 Å². The van der Waals surface area contributed by atoms with Gasteiger partial charge in [-0.15, -0.1) is 0 Å². The highest BCUT2D eigenvalue weighted by atomic mass is 19.1. The summed E-state index contributed by atoms with van der Waals surface area (Å²) in [7, 11) is 0. The Hall–Kier alpha value is -2.56. The molecular formula is C15H12FNO3. The van der Waals surface area contributed by atoms with Crippen molar-refractivity contribution in [3.05, 3.63) is 53.3 Å². The van der Waals surface area contributed by atoms with Gasteiger partial charge in [-0.05, 0) is 42.8 Å². The molecule has 1 heterocycles. The van der Waals surface area contributed by atoms with E-state index in [-0.39, 0.29) is 18.5 Å². The highest BCUT2D eigenvalue weighted by Gasteiger charge is 2.16. The van der Waals surface area contributed by atoms with Crippen LogP contribution in [0.1, 0.15) is 15.9 Å². The van der Waals surface area contributed by atoms with Crippen LogP contribution in [-0.4, -0.2) is 12.7 Å². The number of aryl methyl sites for hydroxylation is 1. The van der Waals surface area contributed by atoms with Crippen LogP contribution in [0.2, 0.25) is 0 Å². The predicted molar refractivity (Wildman–Crippen MR) is 71.7 cm³/mol. The third-order valence-corrected chi connectivity index (χ3v) is 3.06. The summed E-state index contributed by atoms with van der Waals surface area (Å²) < 4.78 is 23.8. The molecule has 4 nitrogen and oxygen atoms in total. The molecule has 5 heteroatoms. The van der Waals surface area contributed by atoms with Crippen molar-refractivity contribution >= 4 is 11.6 Å². The molecule has 20 heavy (non-hydrogen) atoms. The van der Waals surface area contributed by atoms with Crippen LogP contribution in [0.15, 0.2) is 36.4 Å². The number of amides is 1. The fourth-order valence-corrected chi connectivity index (χ4v) is 1.91. The molecule has 2 aromatic rings. The van der Waals surface area contributed by atoms with Gasteiger partial charge in [0.05, 0.1) is 0 Å². The first-order chi connectivity index (χ1) is 9.63. The smallest absolute Gasteiger partial charge is 0.255 e. The topological polar surface area (TPSA) is 47.6 Å². The van der Waals surface area contributed by atoms with Crippen molar-refractivity contribution in [1.29, 1.82) is 0 Å². The van der Waals surface area contributed by atoms with Gasteiger partial charge >= 0.3 is 0 Å². The molecule has 1 amide bonds. The standard InChI is InChI=1S/C15H12FNO3/c1-9-2-4-11(7-12(9)16)17-15(18)10-3-5-13-14(6-10)20-8-19-13/h2-7H,8H2,1H3,(H,17,18). The summed E-state index contributed by atoms with van der Waals surface area (Å²) in [6, 6.07) is 9.47. The molecule has 0 radical (unpaired) electrons. The van der Waals surface area contributed by atoms with E-state index in [0.29, 0.717) is 28.3 Å². The zero-order valence-corrected chi connectivity index (χ0v) is 10.8. The fourth-order valence-electron chi connectivity index (χ4n) is 1.91. The van der Waals surface area contributed by atoms with Gasteiger partial charge in [-0.2, -0.15) is 0 Å². The van der Waals surface area contributed by atoms with Crippen molar-refractivity contribution in [2.24, 2.45) is 0 Å². The quantitative estimate of drug-likeness (QED) is 0.914. The molecule has 0 fully saturated rings. The minimum atomic E-state index is -0.353. The average molecular weight is 273 g/mol. The lowest BCUT2D eigenvalue weighted by molar-refractivity contribution is 0.102. The van der Waals surface area contributed by atoms with E-state index >= 15 is 0 Å².